The van der Waals surface area contributed by atoms with Gasteiger partial charge in [0.2, 0.25) is 5.91 Å². The van der Waals surface area contributed by atoms with Crippen LogP contribution in [0.25, 0.3) is 21.8 Å². The summed E-state index contributed by atoms with van der Waals surface area (Å²) in [5, 5.41) is 16.9. The quantitative estimate of drug-likeness (QED) is 0.171. The maximum absolute atomic E-state index is 13.8. The summed E-state index contributed by atoms with van der Waals surface area (Å²) in [5.74, 6) is 2.34. The zero-order chi connectivity index (χ0) is 38.0. The lowest BCUT2D eigenvalue weighted by Crippen LogP contribution is -2.48. The predicted octanol–water partition coefficient (Wildman–Crippen LogP) is 5.26. The van der Waals surface area contributed by atoms with Gasteiger partial charge in [-0.05, 0) is 104 Å². The number of hydrogen-bond acceptors (Lipinski definition) is 11. The van der Waals surface area contributed by atoms with Crippen LogP contribution >= 0.6 is 0 Å². The standard InChI is InChI=1S/C44H48N6O6/c51-42(32-8-12-38-39(24-32)55-22-21-54-38)37(27-48-17-3-4-18-48)47-43(52)33-15-19-49(25-33)41-14-10-31-23-29(7-11-36(31)46-41)28-56-44(53)34-16-20-50(26-34)40-13-9-30-5-1-2-6-35(30)45-40/h1-2,5-14,23-24,33-34,37,42,51H,3-4,15-22,25-28H2,(H,47,52). The summed E-state index contributed by atoms with van der Waals surface area (Å²) in [7, 11) is 0. The van der Waals surface area contributed by atoms with E-state index in [1.54, 1.807) is 0 Å². The van der Waals surface area contributed by atoms with E-state index in [2.05, 4.69) is 26.1 Å². The number of amides is 1. The summed E-state index contributed by atoms with van der Waals surface area (Å²) < 4.78 is 17.2. The molecule has 5 aromatic rings. The molecule has 1 amide bonds. The Hall–Kier alpha value is -5.46. The fraction of sp³-hybridized carbons (Fsp3) is 0.409. The number of ether oxygens (including phenoxy) is 3. The van der Waals surface area contributed by atoms with Crippen molar-refractivity contribution in [2.45, 2.75) is 44.4 Å². The van der Waals surface area contributed by atoms with Gasteiger partial charge in [0.25, 0.3) is 0 Å². The van der Waals surface area contributed by atoms with Crippen molar-refractivity contribution in [2.24, 2.45) is 11.8 Å². The summed E-state index contributed by atoms with van der Waals surface area (Å²) in [4.78, 5) is 43.2. The van der Waals surface area contributed by atoms with Crippen LogP contribution in [0.3, 0.4) is 0 Å². The van der Waals surface area contributed by atoms with Gasteiger partial charge in [-0.2, -0.15) is 0 Å². The van der Waals surface area contributed by atoms with Crippen molar-refractivity contribution in [3.8, 4) is 11.5 Å². The molecular formula is C44H48N6O6. The van der Waals surface area contributed by atoms with Crippen LogP contribution in [0.4, 0.5) is 11.6 Å². The first-order chi connectivity index (χ1) is 27.4. The fourth-order valence-corrected chi connectivity index (χ4v) is 8.52. The number of esters is 1. The first-order valence-electron chi connectivity index (χ1n) is 20.0. The zero-order valence-electron chi connectivity index (χ0n) is 31.5. The molecule has 4 atom stereocenters. The molecule has 0 saturated carbocycles. The monoisotopic (exact) mass is 756 g/mol. The van der Waals surface area contributed by atoms with Crippen LogP contribution in [-0.4, -0.2) is 96.9 Å². The number of anilines is 2. The number of aliphatic hydroxyl groups is 1. The molecule has 4 unspecified atom stereocenters. The van der Waals surface area contributed by atoms with Gasteiger partial charge < -0.3 is 39.3 Å². The maximum Gasteiger partial charge on any atom is 0.311 e. The number of aliphatic hydroxyl groups excluding tert-OH is 1. The van der Waals surface area contributed by atoms with Crippen LogP contribution in [0.2, 0.25) is 0 Å². The molecule has 6 heterocycles. The minimum atomic E-state index is -0.893. The Morgan fingerprint density at radius 2 is 1.46 bits per heavy atom. The predicted molar refractivity (Wildman–Crippen MR) is 214 cm³/mol. The van der Waals surface area contributed by atoms with Crippen molar-refractivity contribution in [1.29, 1.82) is 0 Å². The third-order valence-corrected chi connectivity index (χ3v) is 11.7. The summed E-state index contributed by atoms with van der Waals surface area (Å²) >= 11 is 0. The molecule has 56 heavy (non-hydrogen) atoms. The summed E-state index contributed by atoms with van der Waals surface area (Å²) in [6, 6.07) is 27.2. The van der Waals surface area contributed by atoms with E-state index in [1.165, 1.54) is 0 Å². The number of para-hydroxylation sites is 1. The largest absolute Gasteiger partial charge is 0.486 e. The van der Waals surface area contributed by atoms with Crippen molar-refractivity contribution in [3.05, 3.63) is 96.1 Å². The Morgan fingerprint density at radius 1 is 0.768 bits per heavy atom. The van der Waals surface area contributed by atoms with Gasteiger partial charge in [0.05, 0.1) is 28.9 Å². The highest BCUT2D eigenvalue weighted by molar-refractivity contribution is 5.83. The Morgan fingerprint density at radius 3 is 2.27 bits per heavy atom. The lowest BCUT2D eigenvalue weighted by atomic mass is 9.99. The molecule has 4 aliphatic rings. The van der Waals surface area contributed by atoms with Gasteiger partial charge in [0.15, 0.2) is 11.5 Å². The van der Waals surface area contributed by atoms with Gasteiger partial charge in [-0.3, -0.25) is 9.59 Å². The van der Waals surface area contributed by atoms with Crippen molar-refractivity contribution in [2.75, 3.05) is 68.8 Å². The first-order valence-corrected chi connectivity index (χ1v) is 20.0. The van der Waals surface area contributed by atoms with Gasteiger partial charge in [-0.1, -0.05) is 30.3 Å². The van der Waals surface area contributed by atoms with E-state index in [1.807, 2.05) is 78.9 Å². The highest BCUT2D eigenvalue weighted by atomic mass is 16.6. The number of benzene rings is 3. The van der Waals surface area contributed by atoms with Crippen molar-refractivity contribution in [3.63, 3.8) is 0 Å². The topological polar surface area (TPSA) is 130 Å². The van der Waals surface area contributed by atoms with Crippen LogP contribution < -0.4 is 24.6 Å². The minimum absolute atomic E-state index is 0.0519. The normalized spacial score (nSPS) is 20.7. The molecule has 2 aromatic heterocycles. The van der Waals surface area contributed by atoms with E-state index < -0.39 is 12.1 Å². The van der Waals surface area contributed by atoms with Crippen LogP contribution in [0.15, 0.2) is 84.9 Å². The van der Waals surface area contributed by atoms with Crippen LogP contribution in [0.5, 0.6) is 11.5 Å². The number of carbonyl (C=O) groups excluding carboxylic acids is 2. The van der Waals surface area contributed by atoms with E-state index in [9.17, 15) is 14.7 Å². The van der Waals surface area contributed by atoms with Gasteiger partial charge in [0.1, 0.15) is 37.6 Å². The molecule has 9 rings (SSSR count). The SMILES string of the molecule is O=C(NC(CN1CCCC1)C(O)c1ccc2c(c1)OCCO2)C1CCN(c2ccc3cc(COC(=O)C4CCN(c5ccc6ccccc6n5)C4)ccc3n2)C1. The van der Waals surface area contributed by atoms with Crippen molar-refractivity contribution < 1.29 is 28.9 Å². The Bertz CT molecular complexity index is 2230. The number of likely N-dealkylation sites (tertiary alicyclic amines) is 1. The molecule has 0 aliphatic carbocycles. The molecule has 0 radical (unpaired) electrons. The van der Waals surface area contributed by atoms with E-state index in [-0.39, 0.29) is 30.3 Å². The number of nitrogens with zero attached hydrogens (tertiary/aromatic N) is 5. The zero-order valence-corrected chi connectivity index (χ0v) is 31.5. The molecule has 12 nitrogen and oxygen atoms in total. The maximum atomic E-state index is 13.8. The number of carbonyl (C=O) groups is 2. The molecule has 12 heteroatoms. The molecule has 4 aliphatic heterocycles. The molecule has 290 valence electrons. The number of rotatable bonds is 11. The van der Waals surface area contributed by atoms with Gasteiger partial charge in [-0.25, -0.2) is 9.97 Å². The number of hydrogen-bond donors (Lipinski definition) is 2. The number of nitrogens with one attached hydrogen (secondary N) is 1. The molecule has 0 spiro atoms. The highest BCUT2D eigenvalue weighted by Gasteiger charge is 2.34. The highest BCUT2D eigenvalue weighted by Crippen LogP contribution is 2.34. The Kier molecular flexibility index (Phi) is 10.3. The second kappa shape index (κ2) is 16.0. The first kappa shape index (κ1) is 36.2. The average molecular weight is 757 g/mol. The average Bonchev–Trinajstić information content (AvgIpc) is 4.05. The molecule has 3 saturated heterocycles. The summed E-state index contributed by atoms with van der Waals surface area (Å²) in [6.07, 6.45) is 2.78. The van der Waals surface area contributed by atoms with E-state index in [0.29, 0.717) is 62.9 Å². The van der Waals surface area contributed by atoms with E-state index in [0.717, 1.165) is 77.9 Å². The Balaban J connectivity index is 0.795. The Labute approximate surface area is 326 Å². The lowest BCUT2D eigenvalue weighted by molar-refractivity contribution is -0.149. The number of pyridine rings is 2. The second-order valence-corrected chi connectivity index (χ2v) is 15.5. The second-order valence-electron chi connectivity index (χ2n) is 15.5. The van der Waals surface area contributed by atoms with Crippen molar-refractivity contribution in [1.82, 2.24) is 20.2 Å². The third-order valence-electron chi connectivity index (χ3n) is 11.7. The smallest absolute Gasteiger partial charge is 0.311 e. The van der Waals surface area contributed by atoms with E-state index >= 15 is 0 Å². The molecule has 0 bridgehead atoms. The van der Waals surface area contributed by atoms with Gasteiger partial charge in [0, 0.05) is 43.5 Å². The van der Waals surface area contributed by atoms with Crippen LogP contribution in [0, 0.1) is 11.8 Å². The van der Waals surface area contributed by atoms with Crippen LogP contribution in [0.1, 0.15) is 42.9 Å². The third kappa shape index (κ3) is 7.81. The summed E-state index contributed by atoms with van der Waals surface area (Å²) in [5.41, 5.74) is 3.40. The summed E-state index contributed by atoms with van der Waals surface area (Å²) in [6.45, 7) is 6.29. The van der Waals surface area contributed by atoms with Crippen LogP contribution in [-0.2, 0) is 20.9 Å². The minimum Gasteiger partial charge on any atom is -0.486 e. The molecule has 2 N–H and O–H groups in total. The van der Waals surface area contributed by atoms with Gasteiger partial charge >= 0.3 is 5.97 Å². The van der Waals surface area contributed by atoms with Crippen molar-refractivity contribution >= 4 is 45.3 Å². The number of aromatic nitrogens is 2. The van der Waals surface area contributed by atoms with E-state index in [4.69, 9.17) is 24.2 Å². The molecule has 3 aromatic carbocycles. The van der Waals surface area contributed by atoms with Gasteiger partial charge in [-0.15, -0.1) is 0 Å². The molecule has 3 fully saturated rings. The number of fused-ring (bicyclic) bond motifs is 3. The fourth-order valence-electron chi connectivity index (χ4n) is 8.52. The lowest BCUT2D eigenvalue weighted by Gasteiger charge is -2.30. The molecular weight excluding hydrogens is 709 g/mol.